The summed E-state index contributed by atoms with van der Waals surface area (Å²) >= 11 is 12.7. The van der Waals surface area contributed by atoms with Gasteiger partial charge in [0.15, 0.2) is 5.69 Å². The molecule has 1 aliphatic heterocycles. The predicted molar refractivity (Wildman–Crippen MR) is 172 cm³/mol. The summed E-state index contributed by atoms with van der Waals surface area (Å²) in [5.41, 5.74) is 1.01. The van der Waals surface area contributed by atoms with E-state index < -0.39 is 33.5 Å². The van der Waals surface area contributed by atoms with Crippen LogP contribution in [-0.4, -0.2) is 49.1 Å². The van der Waals surface area contributed by atoms with Crippen molar-refractivity contribution >= 4 is 56.5 Å². The molecule has 2 fully saturated rings. The first-order valence-corrected chi connectivity index (χ1v) is 16.9. The summed E-state index contributed by atoms with van der Waals surface area (Å²) in [6.45, 7) is 9.07. The van der Waals surface area contributed by atoms with Gasteiger partial charge in [-0.05, 0) is 72.7 Å². The Morgan fingerprint density at radius 2 is 1.75 bits per heavy atom. The molecule has 2 aliphatic rings. The van der Waals surface area contributed by atoms with Crippen LogP contribution in [0.1, 0.15) is 55.7 Å². The van der Waals surface area contributed by atoms with E-state index in [2.05, 4.69) is 4.85 Å². The van der Waals surface area contributed by atoms with Crippen LogP contribution in [0.25, 0.3) is 4.85 Å². The lowest BCUT2D eigenvalue weighted by Gasteiger charge is -2.52. The molecule has 4 atom stereocenters. The number of anilines is 1. The van der Waals surface area contributed by atoms with E-state index in [0.29, 0.717) is 21.4 Å². The molecule has 1 N–H and O–H groups in total. The second kappa shape index (κ2) is 12.4. The minimum atomic E-state index is -3.84. The standard InChI is InChI=1S/C33H33Cl2N3O5S/c1-33(19-30(39)40)18-28(23-6-4-7-25(35)16-23)31(22-12-14-24(34)15-13-22)38(32(33)41)29(21-10-11-21)20-37(44(3,42)43)27-9-5-8-26(17-27)36-2/h4-9,12-17,21,28-29,31H,10-11,18-20H2,1,3H3,(H,39,40)/t28-,29-,31?,33-/m1/s1. The molecule has 5 rings (SSSR count). The Labute approximate surface area is 268 Å². The highest BCUT2D eigenvalue weighted by Gasteiger charge is 2.55. The van der Waals surface area contributed by atoms with Gasteiger partial charge in [-0.15, -0.1) is 0 Å². The number of aliphatic carboxylic acids is 1. The number of rotatable bonds is 10. The molecule has 3 aromatic rings. The molecule has 44 heavy (non-hydrogen) atoms. The van der Waals surface area contributed by atoms with Gasteiger partial charge < -0.3 is 10.0 Å². The number of carboxylic acids is 1. The molecule has 8 nitrogen and oxygen atoms in total. The van der Waals surface area contributed by atoms with Gasteiger partial charge in [0.1, 0.15) is 0 Å². The SMILES string of the molecule is [C-]#[N+]c1cccc(N(C[C@H](C2CC2)N2C(=O)[C@@](C)(CC(=O)O)C[C@H](c3cccc(Cl)c3)C2c2ccc(Cl)cc2)S(C)(=O)=O)c1. The van der Waals surface area contributed by atoms with Crippen molar-refractivity contribution in [2.75, 3.05) is 17.1 Å². The van der Waals surface area contributed by atoms with Gasteiger partial charge in [-0.25, -0.2) is 13.3 Å². The average Bonchev–Trinajstić information content (AvgIpc) is 3.80. The summed E-state index contributed by atoms with van der Waals surface area (Å²) in [6.07, 6.45) is 2.56. The molecule has 1 amide bonds. The van der Waals surface area contributed by atoms with Crippen molar-refractivity contribution < 1.29 is 23.1 Å². The zero-order valence-electron chi connectivity index (χ0n) is 24.4. The zero-order valence-corrected chi connectivity index (χ0v) is 26.7. The number of carboxylic acid groups (broad SMARTS) is 1. The second-order valence-corrected chi connectivity index (χ2v) is 14.8. The van der Waals surface area contributed by atoms with Crippen molar-refractivity contribution in [1.29, 1.82) is 0 Å². The summed E-state index contributed by atoms with van der Waals surface area (Å²) < 4.78 is 27.9. The van der Waals surface area contributed by atoms with Gasteiger partial charge in [0.2, 0.25) is 15.9 Å². The van der Waals surface area contributed by atoms with Gasteiger partial charge in [-0.2, -0.15) is 0 Å². The third-order valence-electron chi connectivity index (χ3n) is 8.66. The molecular formula is C33H33Cl2N3O5S. The zero-order chi connectivity index (χ0) is 31.8. The Bertz CT molecular complexity index is 1720. The van der Waals surface area contributed by atoms with Gasteiger partial charge in [0.25, 0.3) is 0 Å². The molecule has 0 radical (unpaired) electrons. The van der Waals surface area contributed by atoms with E-state index >= 15 is 0 Å². The van der Waals surface area contributed by atoms with Gasteiger partial charge >= 0.3 is 5.97 Å². The van der Waals surface area contributed by atoms with Gasteiger partial charge in [0, 0.05) is 21.7 Å². The minimum Gasteiger partial charge on any atom is -0.481 e. The Balaban J connectivity index is 1.71. The van der Waals surface area contributed by atoms with Crippen molar-refractivity contribution in [3.63, 3.8) is 0 Å². The third-order valence-corrected chi connectivity index (χ3v) is 10.3. The molecule has 1 unspecified atom stereocenters. The van der Waals surface area contributed by atoms with E-state index in [1.165, 1.54) is 10.4 Å². The molecule has 1 aliphatic carbocycles. The molecule has 1 heterocycles. The van der Waals surface area contributed by atoms with Crippen molar-refractivity contribution in [2.24, 2.45) is 11.3 Å². The van der Waals surface area contributed by atoms with Crippen molar-refractivity contribution in [3.8, 4) is 0 Å². The lowest BCUT2D eigenvalue weighted by molar-refractivity contribution is -0.160. The first-order chi connectivity index (χ1) is 20.8. The van der Waals surface area contributed by atoms with Crippen LogP contribution in [0.4, 0.5) is 11.4 Å². The molecule has 1 saturated heterocycles. The molecule has 230 valence electrons. The van der Waals surface area contributed by atoms with Gasteiger partial charge in [-0.3, -0.25) is 13.9 Å². The van der Waals surface area contributed by atoms with E-state index in [4.69, 9.17) is 29.8 Å². The number of amides is 1. The van der Waals surface area contributed by atoms with Crippen molar-refractivity contribution in [3.05, 3.63) is 105 Å². The Morgan fingerprint density at radius 3 is 2.34 bits per heavy atom. The van der Waals surface area contributed by atoms with E-state index in [9.17, 15) is 23.1 Å². The molecular weight excluding hydrogens is 621 g/mol. The third kappa shape index (κ3) is 6.73. The first kappa shape index (κ1) is 31.8. The predicted octanol–water partition coefficient (Wildman–Crippen LogP) is 7.33. The highest BCUT2D eigenvalue weighted by Crippen LogP contribution is 2.54. The lowest BCUT2D eigenvalue weighted by Crippen LogP contribution is -2.59. The quantitative estimate of drug-likeness (QED) is 0.231. The van der Waals surface area contributed by atoms with Crippen molar-refractivity contribution in [1.82, 2.24) is 4.90 Å². The fourth-order valence-electron chi connectivity index (χ4n) is 6.51. The number of benzene rings is 3. The Morgan fingerprint density at radius 1 is 1.07 bits per heavy atom. The summed E-state index contributed by atoms with van der Waals surface area (Å²) in [4.78, 5) is 32.1. The highest BCUT2D eigenvalue weighted by atomic mass is 35.5. The maximum absolute atomic E-state index is 14.7. The summed E-state index contributed by atoms with van der Waals surface area (Å²) in [5, 5.41) is 11.0. The number of carbonyl (C=O) groups is 2. The largest absolute Gasteiger partial charge is 0.481 e. The highest BCUT2D eigenvalue weighted by molar-refractivity contribution is 7.92. The van der Waals surface area contributed by atoms with Gasteiger partial charge in [-0.1, -0.05) is 66.5 Å². The monoisotopic (exact) mass is 653 g/mol. The fraction of sp³-hybridized carbons (Fsp3) is 0.364. The van der Waals surface area contributed by atoms with Crippen molar-refractivity contribution in [2.45, 2.75) is 50.6 Å². The van der Waals surface area contributed by atoms with Crippen LogP contribution in [0.5, 0.6) is 0 Å². The minimum absolute atomic E-state index is 0.00534. The van der Waals surface area contributed by atoms with Crippen LogP contribution in [0.2, 0.25) is 10.0 Å². The van der Waals surface area contributed by atoms with Crippen LogP contribution in [0.15, 0.2) is 72.8 Å². The Hall–Kier alpha value is -3.58. The fourth-order valence-corrected chi connectivity index (χ4v) is 7.75. The molecule has 3 aromatic carbocycles. The molecule has 1 saturated carbocycles. The average molecular weight is 655 g/mol. The summed E-state index contributed by atoms with van der Waals surface area (Å²) in [5.74, 6) is -1.78. The molecule has 11 heteroatoms. The summed E-state index contributed by atoms with van der Waals surface area (Å²) in [6, 6.07) is 19.9. The van der Waals surface area contributed by atoms with Crippen LogP contribution < -0.4 is 4.31 Å². The van der Waals surface area contributed by atoms with Crippen LogP contribution in [0, 0.1) is 17.9 Å². The second-order valence-electron chi connectivity index (χ2n) is 12.0. The first-order valence-electron chi connectivity index (χ1n) is 14.3. The smallest absolute Gasteiger partial charge is 0.304 e. The summed E-state index contributed by atoms with van der Waals surface area (Å²) in [7, 11) is -3.84. The number of sulfonamides is 1. The van der Waals surface area contributed by atoms with Gasteiger partial charge in [0.05, 0.1) is 43.3 Å². The number of hydrogen-bond acceptors (Lipinski definition) is 4. The molecule has 0 spiro atoms. The maximum Gasteiger partial charge on any atom is 0.304 e. The van der Waals surface area contributed by atoms with E-state index in [0.717, 1.165) is 30.2 Å². The topological polar surface area (TPSA) is 99.3 Å². The molecule has 0 bridgehead atoms. The van der Waals surface area contributed by atoms with E-state index in [1.54, 1.807) is 48.2 Å². The van der Waals surface area contributed by atoms with Crippen LogP contribution in [0.3, 0.4) is 0 Å². The van der Waals surface area contributed by atoms with E-state index in [1.807, 2.05) is 30.3 Å². The lowest BCUT2D eigenvalue weighted by atomic mass is 9.67. The van der Waals surface area contributed by atoms with Crippen LogP contribution >= 0.6 is 23.2 Å². The number of halogens is 2. The van der Waals surface area contributed by atoms with E-state index in [-0.39, 0.29) is 37.1 Å². The molecule has 0 aromatic heterocycles. The number of piperidine rings is 1. The maximum atomic E-state index is 14.7. The number of likely N-dealkylation sites (tertiary alicyclic amines) is 1. The number of carbonyl (C=O) groups excluding carboxylic acids is 1. The normalized spacial score (nSPS) is 22.7. The number of hydrogen-bond donors (Lipinski definition) is 1. The number of nitrogens with zero attached hydrogens (tertiary/aromatic N) is 3. The van der Waals surface area contributed by atoms with Crippen LogP contribution in [-0.2, 0) is 19.6 Å². The Kier molecular flexibility index (Phi) is 8.99.